The van der Waals surface area contributed by atoms with Crippen LogP contribution in [0.15, 0.2) is 18.3 Å². The molecule has 0 aliphatic rings. The number of methoxy groups -OCH3 is 1. The van der Waals surface area contributed by atoms with Crippen LogP contribution >= 0.6 is 11.6 Å². The van der Waals surface area contributed by atoms with Crippen molar-refractivity contribution >= 4 is 23.5 Å². The second kappa shape index (κ2) is 6.93. The fourth-order valence-electron chi connectivity index (χ4n) is 1.28. The number of nitrogens with zero attached hydrogens (tertiary/aromatic N) is 1. The SMILES string of the molecule is COCCC(NC(=O)c1cccnc1Cl)C(=O)O. The van der Waals surface area contributed by atoms with Crippen LogP contribution in [0, 0.1) is 0 Å². The number of amides is 1. The molecule has 0 spiro atoms. The smallest absolute Gasteiger partial charge is 0.326 e. The Morgan fingerprint density at radius 1 is 1.61 bits per heavy atom. The van der Waals surface area contributed by atoms with Gasteiger partial charge in [-0.05, 0) is 12.1 Å². The second-order valence-electron chi connectivity index (χ2n) is 3.49. The second-order valence-corrected chi connectivity index (χ2v) is 3.85. The Hall–Kier alpha value is -1.66. The quantitative estimate of drug-likeness (QED) is 0.753. The van der Waals surface area contributed by atoms with Crippen molar-refractivity contribution in [1.82, 2.24) is 10.3 Å². The molecule has 1 aromatic rings. The van der Waals surface area contributed by atoms with E-state index in [1.165, 1.54) is 19.4 Å². The zero-order chi connectivity index (χ0) is 13.5. The Labute approximate surface area is 109 Å². The molecule has 0 aliphatic heterocycles. The molecule has 0 bridgehead atoms. The average molecular weight is 273 g/mol. The maximum atomic E-state index is 11.8. The lowest BCUT2D eigenvalue weighted by Crippen LogP contribution is -2.41. The molecule has 0 fully saturated rings. The largest absolute Gasteiger partial charge is 0.480 e. The zero-order valence-corrected chi connectivity index (χ0v) is 10.5. The average Bonchev–Trinajstić information content (AvgIpc) is 2.34. The van der Waals surface area contributed by atoms with Gasteiger partial charge in [-0.25, -0.2) is 9.78 Å². The van der Waals surface area contributed by atoms with E-state index in [1.807, 2.05) is 0 Å². The third-order valence-corrected chi connectivity index (χ3v) is 2.52. The summed E-state index contributed by atoms with van der Waals surface area (Å²) in [5.41, 5.74) is 0.142. The minimum atomic E-state index is -1.12. The number of pyridine rings is 1. The van der Waals surface area contributed by atoms with Crippen molar-refractivity contribution in [3.8, 4) is 0 Å². The van der Waals surface area contributed by atoms with E-state index in [-0.39, 0.29) is 23.7 Å². The van der Waals surface area contributed by atoms with Crippen molar-refractivity contribution in [1.29, 1.82) is 0 Å². The minimum absolute atomic E-state index is 0.0332. The number of carbonyl (C=O) groups is 2. The first-order chi connectivity index (χ1) is 8.56. The molecule has 18 heavy (non-hydrogen) atoms. The standard InChI is InChI=1S/C11H13ClN2O4/c1-18-6-4-8(11(16)17)14-10(15)7-3-2-5-13-9(7)12/h2-3,5,8H,4,6H2,1H3,(H,14,15)(H,16,17). The van der Waals surface area contributed by atoms with Gasteiger partial charge in [-0.15, -0.1) is 0 Å². The zero-order valence-electron chi connectivity index (χ0n) is 9.72. The first-order valence-corrected chi connectivity index (χ1v) is 5.57. The number of ether oxygens (including phenoxy) is 1. The maximum absolute atomic E-state index is 11.8. The third kappa shape index (κ3) is 3.97. The van der Waals surface area contributed by atoms with Gasteiger partial charge in [0.1, 0.15) is 11.2 Å². The fourth-order valence-corrected chi connectivity index (χ4v) is 1.49. The molecule has 2 N–H and O–H groups in total. The van der Waals surface area contributed by atoms with Crippen molar-refractivity contribution in [2.45, 2.75) is 12.5 Å². The lowest BCUT2D eigenvalue weighted by Gasteiger charge is -2.14. The number of nitrogens with one attached hydrogen (secondary N) is 1. The molecule has 7 heteroatoms. The summed E-state index contributed by atoms with van der Waals surface area (Å²) in [6.07, 6.45) is 1.62. The highest BCUT2D eigenvalue weighted by molar-refractivity contribution is 6.32. The number of carboxylic acids is 1. The van der Waals surface area contributed by atoms with E-state index in [9.17, 15) is 9.59 Å². The predicted octanol–water partition coefficient (Wildman–Crippen LogP) is 0.955. The highest BCUT2D eigenvalue weighted by Crippen LogP contribution is 2.11. The molecule has 0 radical (unpaired) electrons. The monoisotopic (exact) mass is 272 g/mol. The van der Waals surface area contributed by atoms with Gasteiger partial charge in [0.2, 0.25) is 0 Å². The fraction of sp³-hybridized carbons (Fsp3) is 0.364. The summed E-state index contributed by atoms with van der Waals surface area (Å²) in [6.45, 7) is 0.234. The third-order valence-electron chi connectivity index (χ3n) is 2.22. The van der Waals surface area contributed by atoms with Gasteiger partial charge in [0, 0.05) is 26.3 Å². The minimum Gasteiger partial charge on any atom is -0.480 e. The molecule has 1 atom stereocenters. The number of hydrogen-bond acceptors (Lipinski definition) is 4. The van der Waals surface area contributed by atoms with Crippen molar-refractivity contribution in [2.75, 3.05) is 13.7 Å². The van der Waals surface area contributed by atoms with Gasteiger partial charge in [-0.1, -0.05) is 11.6 Å². The topological polar surface area (TPSA) is 88.5 Å². The molecule has 6 nitrogen and oxygen atoms in total. The Bertz CT molecular complexity index is 439. The van der Waals surface area contributed by atoms with E-state index in [4.69, 9.17) is 21.4 Å². The molecule has 0 aromatic carbocycles. The summed E-state index contributed by atoms with van der Waals surface area (Å²) in [6, 6.07) is 2.00. The van der Waals surface area contributed by atoms with E-state index < -0.39 is 17.9 Å². The highest BCUT2D eigenvalue weighted by Gasteiger charge is 2.21. The van der Waals surface area contributed by atoms with Crippen molar-refractivity contribution in [3.63, 3.8) is 0 Å². The molecule has 0 saturated heterocycles. The normalized spacial score (nSPS) is 11.9. The van der Waals surface area contributed by atoms with Crippen LogP contribution in [0.5, 0.6) is 0 Å². The van der Waals surface area contributed by atoms with Gasteiger partial charge >= 0.3 is 5.97 Å². The van der Waals surface area contributed by atoms with Crippen LogP contribution in [0.3, 0.4) is 0 Å². The van der Waals surface area contributed by atoms with Crippen LogP contribution in [0.4, 0.5) is 0 Å². The lowest BCUT2D eigenvalue weighted by atomic mass is 10.2. The van der Waals surface area contributed by atoms with Crippen molar-refractivity contribution in [2.24, 2.45) is 0 Å². The van der Waals surface area contributed by atoms with Crippen LogP contribution in [0.25, 0.3) is 0 Å². The first-order valence-electron chi connectivity index (χ1n) is 5.19. The molecule has 1 heterocycles. The molecule has 1 aromatic heterocycles. The molecule has 0 saturated carbocycles. The summed E-state index contributed by atoms with van der Waals surface area (Å²) >= 11 is 5.74. The van der Waals surface area contributed by atoms with Gasteiger partial charge in [0.05, 0.1) is 5.56 Å². The van der Waals surface area contributed by atoms with Gasteiger partial charge in [-0.2, -0.15) is 0 Å². The number of carboxylic acid groups (broad SMARTS) is 1. The highest BCUT2D eigenvalue weighted by atomic mass is 35.5. The van der Waals surface area contributed by atoms with E-state index in [0.717, 1.165) is 0 Å². The molecule has 1 amide bonds. The number of hydrogen-bond donors (Lipinski definition) is 2. The Balaban J connectivity index is 2.72. The number of halogens is 1. The van der Waals surface area contributed by atoms with E-state index in [1.54, 1.807) is 6.07 Å². The van der Waals surface area contributed by atoms with Crippen LogP contribution < -0.4 is 5.32 Å². The summed E-state index contributed by atoms with van der Waals surface area (Å²) in [7, 11) is 1.46. The Morgan fingerprint density at radius 3 is 2.89 bits per heavy atom. The van der Waals surface area contributed by atoms with E-state index >= 15 is 0 Å². The number of aromatic nitrogens is 1. The molecule has 1 unspecified atom stereocenters. The van der Waals surface area contributed by atoms with E-state index in [2.05, 4.69) is 10.3 Å². The van der Waals surface area contributed by atoms with E-state index in [0.29, 0.717) is 0 Å². The molecular formula is C11H13ClN2O4. The number of carbonyl (C=O) groups excluding carboxylic acids is 1. The van der Waals surface area contributed by atoms with Crippen LogP contribution in [0.2, 0.25) is 5.15 Å². The summed E-state index contributed by atoms with van der Waals surface area (Å²) < 4.78 is 4.78. The summed E-state index contributed by atoms with van der Waals surface area (Å²) in [5, 5.41) is 11.3. The molecular weight excluding hydrogens is 260 g/mol. The van der Waals surface area contributed by atoms with Crippen molar-refractivity contribution in [3.05, 3.63) is 29.0 Å². The van der Waals surface area contributed by atoms with Crippen LogP contribution in [0.1, 0.15) is 16.8 Å². The first kappa shape index (κ1) is 14.4. The van der Waals surface area contributed by atoms with Gasteiger partial charge < -0.3 is 15.2 Å². The van der Waals surface area contributed by atoms with Gasteiger partial charge in [0.15, 0.2) is 0 Å². The van der Waals surface area contributed by atoms with Crippen LogP contribution in [-0.2, 0) is 9.53 Å². The molecule has 0 aliphatic carbocycles. The van der Waals surface area contributed by atoms with Gasteiger partial charge in [-0.3, -0.25) is 4.79 Å². The predicted molar refractivity (Wildman–Crippen MR) is 64.6 cm³/mol. The number of aliphatic carboxylic acids is 1. The number of rotatable bonds is 6. The Kier molecular flexibility index (Phi) is 5.54. The molecule has 1 rings (SSSR count). The maximum Gasteiger partial charge on any atom is 0.326 e. The van der Waals surface area contributed by atoms with Gasteiger partial charge in [0.25, 0.3) is 5.91 Å². The Morgan fingerprint density at radius 2 is 2.33 bits per heavy atom. The van der Waals surface area contributed by atoms with Crippen LogP contribution in [-0.4, -0.2) is 41.7 Å². The lowest BCUT2D eigenvalue weighted by molar-refractivity contribution is -0.139. The summed E-state index contributed by atoms with van der Waals surface area (Å²) in [5.74, 6) is -1.70. The summed E-state index contributed by atoms with van der Waals surface area (Å²) in [4.78, 5) is 26.5. The molecule has 98 valence electrons. The van der Waals surface area contributed by atoms with Crippen molar-refractivity contribution < 1.29 is 19.4 Å².